The van der Waals surface area contributed by atoms with E-state index in [1.54, 1.807) is 11.3 Å². The highest BCUT2D eigenvalue weighted by molar-refractivity contribution is 7.80. The molecule has 6 heteroatoms. The normalized spacial score (nSPS) is 18.7. The Balaban J connectivity index is 1.82. The van der Waals surface area contributed by atoms with Gasteiger partial charge >= 0.3 is 5.97 Å². The number of aryl methyl sites for hydroxylation is 1. The quantitative estimate of drug-likeness (QED) is 0.482. The maximum absolute atomic E-state index is 12.4. The largest absolute Gasteiger partial charge is 0.465 e. The van der Waals surface area contributed by atoms with Crippen LogP contribution in [0.25, 0.3) is 0 Å². The van der Waals surface area contributed by atoms with E-state index in [1.165, 1.54) is 43.2 Å². The monoisotopic (exact) mass is 366 g/mol. The number of thiocarbonyl (C=S) groups is 1. The van der Waals surface area contributed by atoms with Crippen molar-refractivity contribution in [2.24, 2.45) is 5.92 Å². The van der Waals surface area contributed by atoms with Crippen LogP contribution in [0.3, 0.4) is 0 Å². The third-order valence-electron chi connectivity index (χ3n) is 5.10. The minimum Gasteiger partial charge on any atom is -0.465 e. The van der Waals surface area contributed by atoms with Gasteiger partial charge in [-0.15, -0.1) is 11.3 Å². The molecule has 0 saturated carbocycles. The number of hydrogen-bond donors (Lipinski definition) is 1. The molecular formula is C18H26N2O2S2. The Morgan fingerprint density at radius 2 is 1.96 bits per heavy atom. The maximum Gasteiger partial charge on any atom is 0.341 e. The Labute approximate surface area is 153 Å². The lowest BCUT2D eigenvalue weighted by molar-refractivity contribution is 0.0601. The molecule has 2 heterocycles. The van der Waals surface area contributed by atoms with Gasteiger partial charge in [0.15, 0.2) is 5.11 Å². The topological polar surface area (TPSA) is 41.6 Å². The summed E-state index contributed by atoms with van der Waals surface area (Å²) >= 11 is 7.30. The highest BCUT2D eigenvalue weighted by Crippen LogP contribution is 2.38. The molecular weight excluding hydrogens is 340 g/mol. The summed E-state index contributed by atoms with van der Waals surface area (Å²) < 4.78 is 5.05. The number of ether oxygens (including phenoxy) is 1. The molecule has 1 N–H and O–H groups in total. The highest BCUT2D eigenvalue weighted by Gasteiger charge is 2.27. The van der Waals surface area contributed by atoms with E-state index in [2.05, 4.69) is 17.1 Å². The SMILES string of the molecule is COC(=O)c1c(NC(=S)N2CCC(C)CC2)sc2c1CCCCC2. The Morgan fingerprint density at radius 1 is 1.25 bits per heavy atom. The number of carbonyl (C=O) groups is 1. The summed E-state index contributed by atoms with van der Waals surface area (Å²) in [6.07, 6.45) is 7.93. The molecule has 0 radical (unpaired) electrons. The number of piperidine rings is 1. The van der Waals surface area contributed by atoms with Gasteiger partial charge in [-0.3, -0.25) is 0 Å². The molecule has 1 saturated heterocycles. The van der Waals surface area contributed by atoms with Crippen LogP contribution in [0, 0.1) is 5.92 Å². The molecule has 3 rings (SSSR count). The fourth-order valence-corrected chi connectivity index (χ4v) is 5.16. The standard InChI is InChI=1S/C18H26N2O2S2/c1-12-8-10-20(11-9-12)18(23)19-16-15(17(21)22-2)13-6-4-3-5-7-14(13)24-16/h12H,3-11H2,1-2H3,(H,19,23). The summed E-state index contributed by atoms with van der Waals surface area (Å²) in [5, 5.41) is 4.97. The molecule has 0 unspecified atom stereocenters. The third kappa shape index (κ3) is 3.75. The zero-order valence-corrected chi connectivity index (χ0v) is 16.2. The molecule has 0 atom stereocenters. The molecule has 1 aromatic heterocycles. The predicted octanol–water partition coefficient (Wildman–Crippen LogP) is 4.23. The van der Waals surface area contributed by atoms with Gasteiger partial charge < -0.3 is 15.0 Å². The number of fused-ring (bicyclic) bond motifs is 1. The Bertz CT molecular complexity index is 619. The molecule has 0 bridgehead atoms. The number of thiophene rings is 1. The summed E-state index contributed by atoms with van der Waals surface area (Å²) in [5.74, 6) is 0.527. The first-order valence-corrected chi connectivity index (χ1v) is 10.1. The Kier molecular flexibility index (Phi) is 5.76. The van der Waals surface area contributed by atoms with Gasteiger partial charge in [-0.25, -0.2) is 4.79 Å². The van der Waals surface area contributed by atoms with E-state index in [-0.39, 0.29) is 5.97 Å². The number of methoxy groups -OCH3 is 1. The molecule has 1 aromatic rings. The summed E-state index contributed by atoms with van der Waals surface area (Å²) in [4.78, 5) is 15.9. The van der Waals surface area contributed by atoms with Gasteiger partial charge in [0.05, 0.1) is 12.7 Å². The van der Waals surface area contributed by atoms with Crippen molar-refractivity contribution in [2.45, 2.75) is 51.9 Å². The van der Waals surface area contributed by atoms with Gasteiger partial charge in [0, 0.05) is 18.0 Å². The smallest absolute Gasteiger partial charge is 0.341 e. The molecule has 1 aliphatic carbocycles. The van der Waals surface area contributed by atoms with Crippen molar-refractivity contribution in [1.82, 2.24) is 4.90 Å². The number of anilines is 1. The van der Waals surface area contributed by atoms with Gasteiger partial charge in [-0.1, -0.05) is 13.3 Å². The number of nitrogens with zero attached hydrogens (tertiary/aromatic N) is 1. The van der Waals surface area contributed by atoms with Crippen LogP contribution >= 0.6 is 23.6 Å². The number of esters is 1. The van der Waals surface area contributed by atoms with Gasteiger partial charge in [0.2, 0.25) is 0 Å². The van der Waals surface area contributed by atoms with Crippen molar-refractivity contribution in [3.8, 4) is 0 Å². The fraction of sp³-hybridized carbons (Fsp3) is 0.667. The van der Waals surface area contributed by atoms with Crippen molar-refractivity contribution < 1.29 is 9.53 Å². The minimum atomic E-state index is -0.244. The van der Waals surface area contributed by atoms with Gasteiger partial charge in [0.1, 0.15) is 5.00 Å². The lowest BCUT2D eigenvalue weighted by Crippen LogP contribution is -2.40. The van der Waals surface area contributed by atoms with E-state index in [1.807, 2.05) is 0 Å². The summed E-state index contributed by atoms with van der Waals surface area (Å²) in [6.45, 7) is 4.27. The molecule has 0 spiro atoms. The van der Waals surface area contributed by atoms with E-state index in [0.29, 0.717) is 5.56 Å². The van der Waals surface area contributed by atoms with Crippen molar-refractivity contribution >= 4 is 39.6 Å². The zero-order chi connectivity index (χ0) is 17.1. The summed E-state index contributed by atoms with van der Waals surface area (Å²) in [5.41, 5.74) is 1.90. The van der Waals surface area contributed by atoms with Gasteiger partial charge in [-0.2, -0.15) is 0 Å². The highest BCUT2D eigenvalue weighted by atomic mass is 32.1. The second-order valence-corrected chi connectivity index (χ2v) is 8.35. The van der Waals surface area contributed by atoms with Gasteiger partial charge in [0.25, 0.3) is 0 Å². The van der Waals surface area contributed by atoms with Crippen LogP contribution in [-0.2, 0) is 17.6 Å². The lowest BCUT2D eigenvalue weighted by atomic mass is 10.00. The van der Waals surface area contributed by atoms with Crippen LogP contribution in [0.15, 0.2) is 0 Å². The number of hydrogen-bond acceptors (Lipinski definition) is 4. The van der Waals surface area contributed by atoms with E-state index in [9.17, 15) is 4.79 Å². The average Bonchev–Trinajstić information content (AvgIpc) is 2.76. The van der Waals surface area contributed by atoms with E-state index in [4.69, 9.17) is 17.0 Å². The molecule has 0 amide bonds. The first kappa shape index (κ1) is 17.7. The van der Waals surface area contributed by atoms with Gasteiger partial charge in [-0.05, 0) is 62.2 Å². The number of rotatable bonds is 2. The van der Waals surface area contributed by atoms with Crippen LogP contribution in [0.2, 0.25) is 0 Å². The Hall–Kier alpha value is -1.14. The predicted molar refractivity (Wildman–Crippen MR) is 103 cm³/mol. The zero-order valence-electron chi connectivity index (χ0n) is 14.5. The summed E-state index contributed by atoms with van der Waals surface area (Å²) in [6, 6.07) is 0. The van der Waals surface area contributed by atoms with Crippen LogP contribution in [-0.4, -0.2) is 36.2 Å². The van der Waals surface area contributed by atoms with Crippen molar-refractivity contribution in [2.75, 3.05) is 25.5 Å². The number of likely N-dealkylation sites (tertiary alicyclic amines) is 1. The molecule has 132 valence electrons. The van der Waals surface area contributed by atoms with Crippen LogP contribution in [0.1, 0.15) is 59.8 Å². The second-order valence-electron chi connectivity index (χ2n) is 6.86. The first-order valence-electron chi connectivity index (χ1n) is 8.89. The number of carbonyl (C=O) groups excluding carboxylic acids is 1. The minimum absolute atomic E-state index is 0.244. The maximum atomic E-state index is 12.4. The van der Waals surface area contributed by atoms with Crippen LogP contribution in [0.4, 0.5) is 5.00 Å². The lowest BCUT2D eigenvalue weighted by Gasteiger charge is -2.32. The third-order valence-corrected chi connectivity index (χ3v) is 6.67. The van der Waals surface area contributed by atoms with E-state index in [0.717, 1.165) is 48.4 Å². The van der Waals surface area contributed by atoms with Crippen molar-refractivity contribution in [1.29, 1.82) is 0 Å². The second kappa shape index (κ2) is 7.83. The molecule has 2 aliphatic rings. The average molecular weight is 367 g/mol. The molecule has 1 aliphatic heterocycles. The molecule has 24 heavy (non-hydrogen) atoms. The molecule has 0 aromatic carbocycles. The summed E-state index contributed by atoms with van der Waals surface area (Å²) in [7, 11) is 1.46. The van der Waals surface area contributed by atoms with E-state index >= 15 is 0 Å². The van der Waals surface area contributed by atoms with E-state index < -0.39 is 0 Å². The van der Waals surface area contributed by atoms with Crippen LogP contribution in [0.5, 0.6) is 0 Å². The Morgan fingerprint density at radius 3 is 2.67 bits per heavy atom. The first-order chi connectivity index (χ1) is 11.6. The molecule has 1 fully saturated rings. The van der Waals surface area contributed by atoms with Crippen molar-refractivity contribution in [3.63, 3.8) is 0 Å². The number of nitrogens with one attached hydrogen (secondary N) is 1. The van der Waals surface area contributed by atoms with Crippen molar-refractivity contribution in [3.05, 3.63) is 16.0 Å². The fourth-order valence-electron chi connectivity index (χ4n) is 3.54. The van der Waals surface area contributed by atoms with Crippen LogP contribution < -0.4 is 5.32 Å². The molecule has 4 nitrogen and oxygen atoms in total.